The molecule has 0 aliphatic carbocycles. The summed E-state index contributed by atoms with van der Waals surface area (Å²) in [5.41, 5.74) is 0.607. The van der Waals surface area contributed by atoms with Gasteiger partial charge in [0.25, 0.3) is 0 Å². The van der Waals surface area contributed by atoms with E-state index in [0.717, 1.165) is 31.2 Å². The van der Waals surface area contributed by atoms with Gasteiger partial charge in [-0.3, -0.25) is 4.79 Å². The summed E-state index contributed by atoms with van der Waals surface area (Å²) in [6, 6.07) is 9.02. The number of imide groups is 1. The lowest BCUT2D eigenvalue weighted by Gasteiger charge is -2.31. The van der Waals surface area contributed by atoms with Crippen molar-refractivity contribution in [1.29, 1.82) is 0 Å². The number of nitrogens with zero attached hydrogens (tertiary/aromatic N) is 1. The quantitative estimate of drug-likeness (QED) is 0.385. The van der Waals surface area contributed by atoms with E-state index in [1.807, 2.05) is 51.1 Å². The Kier molecular flexibility index (Phi) is 7.84. The Morgan fingerprint density at radius 3 is 2.28 bits per heavy atom. The van der Waals surface area contributed by atoms with Crippen molar-refractivity contribution in [3.63, 3.8) is 0 Å². The Morgan fingerprint density at radius 2 is 1.72 bits per heavy atom. The lowest BCUT2D eigenvalue weighted by Crippen LogP contribution is -2.46. The zero-order chi connectivity index (χ0) is 26.3. The molecule has 0 spiro atoms. The molecule has 9 atom stereocenters. The average molecular weight is 502 g/mol. The number of carbonyl (C=O) groups is 2. The third-order valence-corrected chi connectivity index (χ3v) is 9.08. The summed E-state index contributed by atoms with van der Waals surface area (Å²) in [5, 5.41) is 11.3. The fourth-order valence-electron chi connectivity index (χ4n) is 6.36. The molecule has 0 unspecified atom stereocenters. The van der Waals surface area contributed by atoms with Crippen LogP contribution >= 0.6 is 0 Å². The Balaban J connectivity index is 1.37. The van der Waals surface area contributed by atoms with Gasteiger partial charge in [-0.2, -0.15) is 0 Å². The van der Waals surface area contributed by atoms with E-state index in [0.29, 0.717) is 18.9 Å². The van der Waals surface area contributed by atoms with Crippen molar-refractivity contribution < 1.29 is 28.9 Å². The van der Waals surface area contributed by atoms with Crippen LogP contribution in [-0.2, 0) is 19.0 Å². The van der Waals surface area contributed by atoms with E-state index in [-0.39, 0.29) is 29.1 Å². The van der Waals surface area contributed by atoms with E-state index in [9.17, 15) is 14.7 Å². The van der Waals surface area contributed by atoms with E-state index in [1.165, 1.54) is 4.90 Å². The highest BCUT2D eigenvalue weighted by molar-refractivity contribution is 5.95. The number of hydrogen-bond donors (Lipinski definition) is 1. The van der Waals surface area contributed by atoms with Gasteiger partial charge in [0.15, 0.2) is 0 Å². The molecular formula is C29H43NO6. The molecular weight excluding hydrogens is 458 g/mol. The zero-order valence-electron chi connectivity index (χ0n) is 22.6. The molecule has 3 heterocycles. The second kappa shape index (κ2) is 10.4. The van der Waals surface area contributed by atoms with Gasteiger partial charge in [0.05, 0.1) is 41.5 Å². The largest absolute Gasteiger partial charge is 0.439 e. The third kappa shape index (κ3) is 4.94. The molecule has 7 heteroatoms. The maximum absolute atomic E-state index is 13.5. The Hall–Kier alpha value is -1.96. The van der Waals surface area contributed by atoms with Crippen LogP contribution in [0.4, 0.5) is 4.79 Å². The predicted molar refractivity (Wildman–Crippen MR) is 136 cm³/mol. The minimum atomic E-state index is -0.875. The number of ether oxygens (including phenoxy) is 3. The Morgan fingerprint density at radius 1 is 1.08 bits per heavy atom. The number of hydrogen-bond acceptors (Lipinski definition) is 6. The lowest BCUT2D eigenvalue weighted by molar-refractivity contribution is -0.138. The standard InChI is InChI=1S/C29H43NO6/c1-7-22(26(32)30-19(5)25(34-27(30)33)21-13-11-10-12-14-21)24(31)18(4)17-29(9-3)23(36-29)15-16-28(8-2)20(6)35-28/h10-14,18-20,22-25,31H,7-9,15-17H2,1-6H3/t18-,19+,20+,22+,23+,24-,25+,28+,29+/m0/s1. The first-order valence-electron chi connectivity index (χ1n) is 13.7. The van der Waals surface area contributed by atoms with E-state index in [4.69, 9.17) is 14.2 Å². The van der Waals surface area contributed by atoms with Gasteiger partial charge in [0.1, 0.15) is 6.10 Å². The zero-order valence-corrected chi connectivity index (χ0v) is 22.6. The summed E-state index contributed by atoms with van der Waals surface area (Å²) in [7, 11) is 0. The van der Waals surface area contributed by atoms with Crippen molar-refractivity contribution in [3.05, 3.63) is 35.9 Å². The summed E-state index contributed by atoms with van der Waals surface area (Å²) in [6.45, 7) is 12.1. The molecule has 0 aromatic heterocycles. The van der Waals surface area contributed by atoms with Crippen molar-refractivity contribution in [3.8, 4) is 0 Å². The van der Waals surface area contributed by atoms with Gasteiger partial charge < -0.3 is 19.3 Å². The highest BCUT2D eigenvalue weighted by Gasteiger charge is 2.59. The number of amides is 2. The maximum atomic E-state index is 13.5. The van der Waals surface area contributed by atoms with Crippen LogP contribution in [-0.4, -0.2) is 57.6 Å². The number of epoxide rings is 2. The number of aliphatic hydroxyl groups excluding tert-OH is 1. The van der Waals surface area contributed by atoms with E-state index < -0.39 is 30.3 Å². The molecule has 36 heavy (non-hydrogen) atoms. The molecule has 0 saturated carbocycles. The second-order valence-corrected chi connectivity index (χ2v) is 11.1. The van der Waals surface area contributed by atoms with Gasteiger partial charge in [-0.15, -0.1) is 0 Å². The minimum absolute atomic E-state index is 0.00886. The van der Waals surface area contributed by atoms with E-state index in [2.05, 4.69) is 20.8 Å². The van der Waals surface area contributed by atoms with Gasteiger partial charge in [0, 0.05) is 0 Å². The molecule has 0 bridgehead atoms. The fraction of sp³-hybridized carbons (Fsp3) is 0.724. The number of carbonyl (C=O) groups excluding carboxylic acids is 2. The SMILES string of the molecule is CC[C@@H](C(=O)N1C(=O)O[C@@H](c2ccccc2)[C@H]1C)[C@@H](O)[C@@H](C)C[C@@]1(CC)O[C@@H]1CC[C@@]1(CC)O[C@@H]1C. The van der Waals surface area contributed by atoms with Gasteiger partial charge in [0.2, 0.25) is 5.91 Å². The van der Waals surface area contributed by atoms with Crippen molar-refractivity contribution in [2.75, 3.05) is 0 Å². The maximum Gasteiger partial charge on any atom is 0.417 e. The summed E-state index contributed by atoms with van der Waals surface area (Å²) in [5.74, 6) is -1.20. The first-order valence-corrected chi connectivity index (χ1v) is 13.7. The van der Waals surface area contributed by atoms with Crippen molar-refractivity contribution in [2.45, 2.75) is 122 Å². The molecule has 3 aliphatic heterocycles. The molecule has 3 fully saturated rings. The number of aliphatic hydroxyl groups is 1. The van der Waals surface area contributed by atoms with Crippen molar-refractivity contribution in [1.82, 2.24) is 4.90 Å². The summed E-state index contributed by atoms with van der Waals surface area (Å²) < 4.78 is 17.6. The molecule has 2 amide bonds. The molecule has 4 rings (SSSR count). The summed E-state index contributed by atoms with van der Waals surface area (Å²) >= 11 is 0. The number of cyclic esters (lactones) is 1. The molecule has 1 aromatic rings. The van der Waals surface area contributed by atoms with Gasteiger partial charge >= 0.3 is 6.09 Å². The van der Waals surface area contributed by atoms with Crippen LogP contribution in [0, 0.1) is 11.8 Å². The van der Waals surface area contributed by atoms with E-state index in [1.54, 1.807) is 0 Å². The summed E-state index contributed by atoms with van der Waals surface area (Å²) in [6.07, 6.45) is 3.38. The molecule has 3 saturated heterocycles. The molecule has 1 N–H and O–H groups in total. The fourth-order valence-corrected chi connectivity index (χ4v) is 6.36. The van der Waals surface area contributed by atoms with Gasteiger partial charge in [-0.1, -0.05) is 58.0 Å². The summed E-state index contributed by atoms with van der Waals surface area (Å²) in [4.78, 5) is 27.5. The minimum Gasteiger partial charge on any atom is -0.439 e. The Bertz CT molecular complexity index is 935. The highest BCUT2D eigenvalue weighted by atomic mass is 16.6. The Labute approximate surface area is 215 Å². The molecule has 7 nitrogen and oxygen atoms in total. The number of rotatable bonds is 12. The van der Waals surface area contributed by atoms with Crippen LogP contribution in [0.2, 0.25) is 0 Å². The monoisotopic (exact) mass is 501 g/mol. The molecule has 1 aromatic carbocycles. The molecule has 3 aliphatic rings. The average Bonchev–Trinajstić information content (AvgIpc) is 3.72. The van der Waals surface area contributed by atoms with Crippen LogP contribution < -0.4 is 0 Å². The molecule has 0 radical (unpaired) electrons. The van der Waals surface area contributed by atoms with Crippen LogP contribution in [0.3, 0.4) is 0 Å². The topological polar surface area (TPSA) is 91.9 Å². The second-order valence-electron chi connectivity index (χ2n) is 11.1. The van der Waals surface area contributed by atoms with Crippen molar-refractivity contribution in [2.24, 2.45) is 11.8 Å². The van der Waals surface area contributed by atoms with Crippen LogP contribution in [0.1, 0.15) is 91.7 Å². The van der Waals surface area contributed by atoms with Crippen LogP contribution in [0.15, 0.2) is 30.3 Å². The molecule has 200 valence electrons. The van der Waals surface area contributed by atoms with Gasteiger partial charge in [-0.05, 0) is 63.9 Å². The first kappa shape index (κ1) is 27.1. The highest BCUT2D eigenvalue weighted by Crippen LogP contribution is 2.51. The van der Waals surface area contributed by atoms with Gasteiger partial charge in [-0.25, -0.2) is 9.69 Å². The first-order chi connectivity index (χ1) is 17.1. The smallest absolute Gasteiger partial charge is 0.417 e. The predicted octanol–water partition coefficient (Wildman–Crippen LogP) is 5.40. The van der Waals surface area contributed by atoms with Crippen molar-refractivity contribution >= 4 is 12.0 Å². The number of benzene rings is 1. The van der Waals surface area contributed by atoms with Crippen LogP contribution in [0.5, 0.6) is 0 Å². The normalized spacial score (nSPS) is 35.8. The third-order valence-electron chi connectivity index (χ3n) is 9.08. The van der Waals surface area contributed by atoms with Crippen LogP contribution in [0.25, 0.3) is 0 Å². The lowest BCUT2D eigenvalue weighted by atomic mass is 9.80. The van der Waals surface area contributed by atoms with E-state index >= 15 is 0 Å².